The molecular weight excluding hydrogens is 402 g/mol. The van der Waals surface area contributed by atoms with Crippen molar-refractivity contribution in [1.82, 2.24) is 15.2 Å². The lowest BCUT2D eigenvalue weighted by Gasteiger charge is -2.46. The minimum atomic E-state index is -1.03. The third-order valence-corrected chi connectivity index (χ3v) is 7.63. The summed E-state index contributed by atoms with van der Waals surface area (Å²) in [6.07, 6.45) is 7.96. The van der Waals surface area contributed by atoms with Gasteiger partial charge < -0.3 is 10.1 Å². The van der Waals surface area contributed by atoms with Gasteiger partial charge in [0.25, 0.3) is 5.91 Å². The van der Waals surface area contributed by atoms with E-state index in [-0.39, 0.29) is 23.5 Å². The molecule has 0 radical (unpaired) electrons. The monoisotopic (exact) mass is 429 g/mol. The van der Waals surface area contributed by atoms with Crippen LogP contribution in [0.3, 0.4) is 0 Å². The van der Waals surface area contributed by atoms with E-state index in [9.17, 15) is 9.59 Å². The fraction of sp³-hybridized carbons (Fsp3) is 0.423. The smallest absolute Gasteiger partial charge is 0.325 e. The first-order chi connectivity index (χ1) is 15.4. The predicted octanol–water partition coefficient (Wildman–Crippen LogP) is 3.63. The van der Waals surface area contributed by atoms with E-state index < -0.39 is 5.54 Å². The van der Waals surface area contributed by atoms with E-state index in [2.05, 4.69) is 40.3 Å². The Morgan fingerprint density at radius 2 is 1.94 bits per heavy atom. The third kappa shape index (κ3) is 2.81. The lowest BCUT2D eigenvalue weighted by molar-refractivity contribution is -0.137. The van der Waals surface area contributed by atoms with Gasteiger partial charge in [0.15, 0.2) is 5.54 Å². The van der Waals surface area contributed by atoms with Crippen molar-refractivity contribution in [1.29, 1.82) is 0 Å². The molecule has 1 unspecified atom stereocenters. The molecular formula is C26H27N3O3. The van der Waals surface area contributed by atoms with Crippen LogP contribution in [-0.4, -0.2) is 42.1 Å². The van der Waals surface area contributed by atoms with Crippen molar-refractivity contribution in [2.45, 2.75) is 50.7 Å². The van der Waals surface area contributed by atoms with Crippen LogP contribution in [0, 0.1) is 17.3 Å². The van der Waals surface area contributed by atoms with Crippen molar-refractivity contribution < 1.29 is 14.3 Å². The van der Waals surface area contributed by atoms with Crippen molar-refractivity contribution in [2.75, 3.05) is 14.2 Å². The molecule has 1 atom stereocenters. The first-order valence-electron chi connectivity index (χ1n) is 11.1. The van der Waals surface area contributed by atoms with Crippen LogP contribution in [0.4, 0.5) is 4.79 Å². The molecule has 2 aliphatic carbocycles. The summed E-state index contributed by atoms with van der Waals surface area (Å²) in [6.45, 7) is 1.80. The molecule has 32 heavy (non-hydrogen) atoms. The Hall–Kier alpha value is -3.17. The van der Waals surface area contributed by atoms with Gasteiger partial charge in [-0.3, -0.25) is 14.7 Å². The van der Waals surface area contributed by atoms with Gasteiger partial charge in [-0.25, -0.2) is 4.79 Å². The van der Waals surface area contributed by atoms with Crippen LogP contribution in [0.15, 0.2) is 36.7 Å². The van der Waals surface area contributed by atoms with E-state index in [1.807, 2.05) is 12.3 Å². The number of rotatable bonds is 2. The highest BCUT2D eigenvalue weighted by Gasteiger charge is 2.67. The van der Waals surface area contributed by atoms with E-state index in [0.29, 0.717) is 0 Å². The standard InChI is InChI=1S/C26H27N3O3/c1-4-5-17-12-20(16-27-15-17)18-6-7-19-14-25(10-8-21(32-3)9-11-25)26(22(19)13-18)23(30)29(2)24(31)28-26/h6-7,12-13,15-16,21H,8-11,14H2,1-3H3,(H,28,31). The Kier molecular flexibility index (Phi) is 4.83. The summed E-state index contributed by atoms with van der Waals surface area (Å²) in [6, 6.07) is 7.94. The number of nitrogens with one attached hydrogen (secondary N) is 1. The summed E-state index contributed by atoms with van der Waals surface area (Å²) >= 11 is 0. The third-order valence-electron chi connectivity index (χ3n) is 7.63. The number of carbonyl (C=O) groups excluding carboxylic acids is 2. The number of benzene rings is 1. The number of aromatic nitrogens is 1. The fourth-order valence-electron chi connectivity index (χ4n) is 5.97. The summed E-state index contributed by atoms with van der Waals surface area (Å²) in [7, 11) is 3.31. The summed E-state index contributed by atoms with van der Waals surface area (Å²) < 4.78 is 5.60. The molecule has 2 heterocycles. The van der Waals surface area contributed by atoms with Gasteiger partial charge in [-0.05, 0) is 67.9 Å². The van der Waals surface area contributed by atoms with E-state index in [1.165, 1.54) is 4.90 Å². The Morgan fingerprint density at radius 3 is 2.59 bits per heavy atom. The molecule has 6 heteroatoms. The number of fused-ring (bicyclic) bond motifs is 3. The van der Waals surface area contributed by atoms with Gasteiger partial charge in [0.05, 0.1) is 6.10 Å². The quantitative estimate of drug-likeness (QED) is 0.585. The molecule has 5 rings (SSSR count). The number of pyridine rings is 1. The van der Waals surface area contributed by atoms with Crippen molar-refractivity contribution in [3.05, 3.63) is 53.3 Å². The molecule has 6 nitrogen and oxygen atoms in total. The maximum absolute atomic E-state index is 13.7. The molecule has 1 aromatic heterocycles. The summed E-state index contributed by atoms with van der Waals surface area (Å²) in [5, 5.41) is 3.15. The number of urea groups is 1. The van der Waals surface area contributed by atoms with Gasteiger partial charge in [-0.1, -0.05) is 18.1 Å². The molecule has 1 saturated carbocycles. The number of ether oxygens (including phenoxy) is 1. The SMILES string of the molecule is CC#Cc1cncc(-c2ccc3c(c2)C2(NC(=O)N(C)C2=O)C2(CCC(OC)CC2)C3)c1. The highest BCUT2D eigenvalue weighted by molar-refractivity contribution is 6.08. The number of likely N-dealkylation sites (N-methyl/N-ethyl adjacent to an activating group) is 1. The first kappa shape index (κ1) is 20.7. The van der Waals surface area contributed by atoms with Gasteiger partial charge in [0.2, 0.25) is 0 Å². The van der Waals surface area contributed by atoms with Crippen LogP contribution >= 0.6 is 0 Å². The Bertz CT molecular complexity index is 1170. The van der Waals surface area contributed by atoms with E-state index in [0.717, 1.165) is 59.9 Å². The topological polar surface area (TPSA) is 71.5 Å². The van der Waals surface area contributed by atoms with E-state index in [1.54, 1.807) is 27.3 Å². The second-order valence-electron chi connectivity index (χ2n) is 9.15. The fourth-order valence-corrected chi connectivity index (χ4v) is 5.97. The molecule has 2 aromatic rings. The average Bonchev–Trinajstić information content (AvgIpc) is 3.21. The second kappa shape index (κ2) is 7.46. The van der Waals surface area contributed by atoms with Crippen LogP contribution in [0.25, 0.3) is 11.1 Å². The molecule has 1 N–H and O–H groups in total. The Labute approximate surface area is 188 Å². The van der Waals surface area contributed by atoms with Gasteiger partial charge in [-0.15, -0.1) is 5.92 Å². The molecule has 3 amide bonds. The molecule has 1 aliphatic heterocycles. The normalized spacial score (nSPS) is 28.6. The number of methoxy groups -OCH3 is 1. The number of amides is 3. The van der Waals surface area contributed by atoms with Crippen molar-refractivity contribution >= 4 is 11.9 Å². The number of imide groups is 1. The molecule has 2 spiro atoms. The zero-order valence-corrected chi connectivity index (χ0v) is 18.7. The minimum Gasteiger partial charge on any atom is -0.381 e. The number of nitrogens with zero attached hydrogens (tertiary/aromatic N) is 2. The maximum Gasteiger partial charge on any atom is 0.325 e. The zero-order valence-electron chi connectivity index (χ0n) is 18.7. The summed E-state index contributed by atoms with van der Waals surface area (Å²) in [5.41, 5.74) is 3.43. The van der Waals surface area contributed by atoms with Crippen LogP contribution in [0.5, 0.6) is 0 Å². The highest BCUT2D eigenvalue weighted by Crippen LogP contribution is 2.60. The largest absolute Gasteiger partial charge is 0.381 e. The Balaban J connectivity index is 1.64. The summed E-state index contributed by atoms with van der Waals surface area (Å²) in [5.74, 6) is 5.81. The zero-order chi connectivity index (χ0) is 22.5. The molecule has 1 saturated heterocycles. The number of hydrogen-bond acceptors (Lipinski definition) is 4. The van der Waals surface area contributed by atoms with Crippen LogP contribution in [0.2, 0.25) is 0 Å². The molecule has 1 aromatic carbocycles. The van der Waals surface area contributed by atoms with Crippen molar-refractivity contribution in [3.8, 4) is 23.0 Å². The minimum absolute atomic E-state index is 0.155. The lowest BCUT2D eigenvalue weighted by atomic mass is 9.61. The number of hydrogen-bond donors (Lipinski definition) is 1. The van der Waals surface area contributed by atoms with Gasteiger partial charge in [0.1, 0.15) is 0 Å². The molecule has 3 aliphatic rings. The van der Waals surface area contributed by atoms with Gasteiger partial charge in [0, 0.05) is 43.1 Å². The molecule has 0 bridgehead atoms. The highest BCUT2D eigenvalue weighted by atomic mass is 16.5. The van der Waals surface area contributed by atoms with Crippen molar-refractivity contribution in [3.63, 3.8) is 0 Å². The first-order valence-corrected chi connectivity index (χ1v) is 11.1. The van der Waals surface area contributed by atoms with Gasteiger partial charge in [-0.2, -0.15) is 0 Å². The molecule has 164 valence electrons. The van der Waals surface area contributed by atoms with E-state index in [4.69, 9.17) is 4.74 Å². The van der Waals surface area contributed by atoms with Crippen molar-refractivity contribution in [2.24, 2.45) is 5.41 Å². The van der Waals surface area contributed by atoms with Crippen LogP contribution in [0.1, 0.15) is 49.3 Å². The van der Waals surface area contributed by atoms with Crippen LogP contribution < -0.4 is 5.32 Å². The van der Waals surface area contributed by atoms with Crippen LogP contribution in [-0.2, 0) is 21.5 Å². The lowest BCUT2D eigenvalue weighted by Crippen LogP contribution is -2.56. The average molecular weight is 430 g/mol. The predicted molar refractivity (Wildman–Crippen MR) is 121 cm³/mol. The summed E-state index contributed by atoms with van der Waals surface area (Å²) in [4.78, 5) is 32.0. The maximum atomic E-state index is 13.7. The van der Waals surface area contributed by atoms with E-state index >= 15 is 0 Å². The van der Waals surface area contributed by atoms with Gasteiger partial charge >= 0.3 is 6.03 Å². The second-order valence-corrected chi connectivity index (χ2v) is 9.15. The number of carbonyl (C=O) groups is 2. The molecule has 2 fully saturated rings. The Morgan fingerprint density at radius 1 is 1.16 bits per heavy atom.